The van der Waals surface area contributed by atoms with E-state index in [9.17, 15) is 0 Å². The predicted molar refractivity (Wildman–Crippen MR) is 122 cm³/mol. The van der Waals surface area contributed by atoms with Gasteiger partial charge in [0.15, 0.2) is 8.07 Å². The predicted octanol–water partition coefficient (Wildman–Crippen LogP) is 5.52. The van der Waals surface area contributed by atoms with Gasteiger partial charge in [-0.15, -0.1) is 0 Å². The molecule has 3 aromatic rings. The van der Waals surface area contributed by atoms with E-state index in [4.69, 9.17) is 0 Å². The molecular formula is C26H32Si. The normalized spacial score (nSPS) is 12.7. The van der Waals surface area contributed by atoms with Gasteiger partial charge in [0, 0.05) is 0 Å². The molecule has 0 aliphatic rings. The lowest BCUT2D eigenvalue weighted by molar-refractivity contribution is 0.619. The smallest absolute Gasteiger partial charge is 0.0654 e. The van der Waals surface area contributed by atoms with Crippen LogP contribution in [0.1, 0.15) is 46.0 Å². The van der Waals surface area contributed by atoms with Crippen LogP contribution in [0.4, 0.5) is 0 Å². The van der Waals surface area contributed by atoms with Crippen LogP contribution < -0.4 is 15.6 Å². The average molecular weight is 373 g/mol. The molecule has 140 valence electrons. The van der Waals surface area contributed by atoms with Gasteiger partial charge in [0.05, 0.1) is 0 Å². The third-order valence-electron chi connectivity index (χ3n) is 5.92. The SMILES string of the molecule is CCCCCC[C@@H](C)[Si](c1ccccc1)(c1ccccc1)c1ccccc1. The van der Waals surface area contributed by atoms with Gasteiger partial charge in [0.25, 0.3) is 0 Å². The number of rotatable bonds is 9. The molecule has 27 heavy (non-hydrogen) atoms. The van der Waals surface area contributed by atoms with Crippen LogP contribution in [0.3, 0.4) is 0 Å². The van der Waals surface area contributed by atoms with Crippen molar-refractivity contribution in [2.45, 2.75) is 51.5 Å². The van der Waals surface area contributed by atoms with Crippen molar-refractivity contribution in [3.63, 3.8) is 0 Å². The molecule has 0 radical (unpaired) electrons. The van der Waals surface area contributed by atoms with E-state index in [-0.39, 0.29) is 0 Å². The summed E-state index contributed by atoms with van der Waals surface area (Å²) < 4.78 is 0. The van der Waals surface area contributed by atoms with Gasteiger partial charge in [0.2, 0.25) is 0 Å². The highest BCUT2D eigenvalue weighted by atomic mass is 28.3. The van der Waals surface area contributed by atoms with Gasteiger partial charge >= 0.3 is 0 Å². The summed E-state index contributed by atoms with van der Waals surface area (Å²) in [5.41, 5.74) is 0.654. The number of benzene rings is 3. The molecule has 0 saturated carbocycles. The number of hydrogen-bond acceptors (Lipinski definition) is 0. The van der Waals surface area contributed by atoms with E-state index < -0.39 is 8.07 Å². The van der Waals surface area contributed by atoms with E-state index in [0.29, 0.717) is 5.54 Å². The largest absolute Gasteiger partial charge is 0.151 e. The van der Waals surface area contributed by atoms with E-state index in [2.05, 4.69) is 105 Å². The quantitative estimate of drug-likeness (QED) is 0.264. The van der Waals surface area contributed by atoms with Crippen LogP contribution in [0, 0.1) is 0 Å². The summed E-state index contributed by atoms with van der Waals surface area (Å²) in [6.07, 6.45) is 6.63. The van der Waals surface area contributed by atoms with Gasteiger partial charge in [-0.05, 0) is 21.1 Å². The van der Waals surface area contributed by atoms with Crippen LogP contribution in [-0.2, 0) is 0 Å². The maximum atomic E-state index is 2.51. The lowest BCUT2D eigenvalue weighted by atomic mass is 10.1. The summed E-state index contributed by atoms with van der Waals surface area (Å²) in [6.45, 7) is 4.80. The Bertz CT molecular complexity index is 684. The zero-order chi connectivity index (χ0) is 19.0. The topological polar surface area (TPSA) is 0 Å². The molecule has 3 aromatic carbocycles. The van der Waals surface area contributed by atoms with Gasteiger partial charge in [-0.2, -0.15) is 0 Å². The van der Waals surface area contributed by atoms with Crippen molar-refractivity contribution >= 4 is 23.6 Å². The Hall–Kier alpha value is -2.12. The molecular weight excluding hydrogens is 340 g/mol. The van der Waals surface area contributed by atoms with Gasteiger partial charge in [-0.3, -0.25) is 0 Å². The first-order valence-electron chi connectivity index (χ1n) is 10.5. The highest BCUT2D eigenvalue weighted by Crippen LogP contribution is 2.28. The molecule has 0 amide bonds. The maximum absolute atomic E-state index is 2.51. The van der Waals surface area contributed by atoms with Crippen molar-refractivity contribution in [1.82, 2.24) is 0 Å². The third kappa shape index (κ3) is 4.25. The van der Waals surface area contributed by atoms with E-state index in [1.807, 2.05) is 0 Å². The standard InChI is InChI=1S/C26H32Si/c1-3-4-5-9-16-23(2)27(24-17-10-6-11-18-24,25-19-12-7-13-20-25)26-21-14-8-15-22-26/h6-8,10-15,17-23H,3-5,9,16H2,1-2H3/t23-/m1/s1. The van der Waals surface area contributed by atoms with Crippen molar-refractivity contribution in [2.24, 2.45) is 0 Å². The lowest BCUT2D eigenvalue weighted by Crippen LogP contribution is -2.69. The van der Waals surface area contributed by atoms with Gasteiger partial charge in [-0.25, -0.2) is 0 Å². The Labute approximate surface area is 166 Å². The summed E-state index contributed by atoms with van der Waals surface area (Å²) in [5, 5.41) is 4.60. The van der Waals surface area contributed by atoms with Crippen LogP contribution in [0.15, 0.2) is 91.0 Å². The molecule has 1 atom stereocenters. The maximum Gasteiger partial charge on any atom is 0.151 e. The number of hydrogen-bond donors (Lipinski definition) is 0. The van der Waals surface area contributed by atoms with Crippen LogP contribution in [0.25, 0.3) is 0 Å². The van der Waals surface area contributed by atoms with Crippen LogP contribution in [0.5, 0.6) is 0 Å². The van der Waals surface area contributed by atoms with E-state index in [1.165, 1.54) is 47.7 Å². The summed E-state index contributed by atoms with van der Waals surface area (Å²) in [4.78, 5) is 0. The van der Waals surface area contributed by atoms with Crippen molar-refractivity contribution in [3.05, 3.63) is 91.0 Å². The molecule has 0 heterocycles. The van der Waals surface area contributed by atoms with Gasteiger partial charge in [0.1, 0.15) is 0 Å². The summed E-state index contributed by atoms with van der Waals surface area (Å²) in [5.74, 6) is 0. The molecule has 0 unspecified atom stereocenters. The lowest BCUT2D eigenvalue weighted by Gasteiger charge is -2.39. The van der Waals surface area contributed by atoms with Crippen molar-refractivity contribution in [3.8, 4) is 0 Å². The Kier molecular flexibility index (Phi) is 7.06. The highest BCUT2D eigenvalue weighted by molar-refractivity contribution is 7.12. The van der Waals surface area contributed by atoms with E-state index in [1.54, 1.807) is 0 Å². The molecule has 0 aliphatic carbocycles. The summed E-state index contributed by atoms with van der Waals surface area (Å²) in [7, 11) is -2.09. The van der Waals surface area contributed by atoms with E-state index >= 15 is 0 Å². The molecule has 0 aliphatic heterocycles. The Balaban J connectivity index is 2.14. The zero-order valence-corrected chi connectivity index (χ0v) is 17.8. The van der Waals surface area contributed by atoms with Crippen LogP contribution >= 0.6 is 0 Å². The summed E-state index contributed by atoms with van der Waals surface area (Å²) in [6, 6.07) is 33.9. The second-order valence-corrected chi connectivity index (χ2v) is 12.0. The van der Waals surface area contributed by atoms with Crippen molar-refractivity contribution in [2.75, 3.05) is 0 Å². The Morgan fingerprint density at radius 3 is 1.37 bits per heavy atom. The Morgan fingerprint density at radius 1 is 0.593 bits per heavy atom. The molecule has 3 rings (SSSR count). The second kappa shape index (κ2) is 9.71. The first-order chi connectivity index (χ1) is 13.3. The van der Waals surface area contributed by atoms with E-state index in [0.717, 1.165) is 0 Å². The minimum absolute atomic E-state index is 0.654. The average Bonchev–Trinajstić information content (AvgIpc) is 2.74. The first kappa shape index (κ1) is 19.6. The zero-order valence-electron chi connectivity index (χ0n) is 16.8. The first-order valence-corrected chi connectivity index (χ1v) is 12.5. The minimum atomic E-state index is -2.09. The second-order valence-electron chi connectivity index (χ2n) is 7.66. The molecule has 0 saturated heterocycles. The molecule has 1 heteroatoms. The van der Waals surface area contributed by atoms with Gasteiger partial charge < -0.3 is 0 Å². The molecule has 0 N–H and O–H groups in total. The fourth-order valence-corrected chi connectivity index (χ4v) is 10.0. The van der Waals surface area contributed by atoms with Crippen LogP contribution in [-0.4, -0.2) is 8.07 Å². The monoisotopic (exact) mass is 372 g/mol. The molecule has 0 bridgehead atoms. The molecule has 0 fully saturated rings. The number of unbranched alkanes of at least 4 members (excludes halogenated alkanes) is 3. The van der Waals surface area contributed by atoms with Crippen LogP contribution in [0.2, 0.25) is 5.54 Å². The molecule has 0 nitrogen and oxygen atoms in total. The highest BCUT2D eigenvalue weighted by Gasteiger charge is 2.43. The summed E-state index contributed by atoms with van der Waals surface area (Å²) >= 11 is 0. The fraction of sp³-hybridized carbons (Fsp3) is 0.308. The minimum Gasteiger partial charge on any atom is -0.0654 e. The fourth-order valence-electron chi connectivity index (χ4n) is 4.55. The molecule has 0 aromatic heterocycles. The van der Waals surface area contributed by atoms with Crippen molar-refractivity contribution < 1.29 is 0 Å². The molecule has 0 spiro atoms. The van der Waals surface area contributed by atoms with Crippen molar-refractivity contribution in [1.29, 1.82) is 0 Å². The van der Waals surface area contributed by atoms with Gasteiger partial charge in [-0.1, -0.05) is 137 Å². The third-order valence-corrected chi connectivity index (χ3v) is 11.4. The Morgan fingerprint density at radius 2 is 1.00 bits per heavy atom.